The van der Waals surface area contributed by atoms with Crippen molar-refractivity contribution < 1.29 is 14.4 Å². The van der Waals surface area contributed by atoms with Crippen LogP contribution in [0.5, 0.6) is 0 Å². The second-order valence-corrected chi connectivity index (χ2v) is 9.65. The van der Waals surface area contributed by atoms with E-state index in [4.69, 9.17) is 0 Å². The summed E-state index contributed by atoms with van der Waals surface area (Å²) in [7, 11) is 0. The third kappa shape index (κ3) is 2.86. The van der Waals surface area contributed by atoms with Crippen molar-refractivity contribution in [3.63, 3.8) is 0 Å². The number of para-hydroxylation sites is 1. The summed E-state index contributed by atoms with van der Waals surface area (Å²) in [6.45, 7) is 0. The van der Waals surface area contributed by atoms with E-state index in [1.54, 1.807) is 24.3 Å². The zero-order valence-electron chi connectivity index (χ0n) is 19.3. The fourth-order valence-corrected chi connectivity index (χ4v) is 6.44. The Morgan fingerprint density at radius 3 is 1.64 bits per heavy atom. The molecular formula is C31H22N2O3. The molecule has 174 valence electrons. The highest BCUT2D eigenvalue weighted by Gasteiger charge is 2.61. The standard InChI is InChI=1S/C31H22N2O3/c34-29(32-19-10-2-1-3-11-19)18-9-8-12-20(17-18)33-30(35)27-25-21-13-4-5-14-22(21)26(28(27)31(33)36)24-16-7-6-15-23(24)25/h1-17,25-28H,(H,32,34)/t25?,26?,27-,28-/m0/s1. The van der Waals surface area contributed by atoms with Crippen molar-refractivity contribution in [1.82, 2.24) is 0 Å². The van der Waals surface area contributed by atoms with Crippen LogP contribution >= 0.6 is 0 Å². The van der Waals surface area contributed by atoms with Gasteiger partial charge < -0.3 is 5.32 Å². The second kappa shape index (κ2) is 7.75. The lowest BCUT2D eigenvalue weighted by molar-refractivity contribution is -0.122. The summed E-state index contributed by atoms with van der Waals surface area (Å²) >= 11 is 0. The maximum Gasteiger partial charge on any atom is 0.255 e. The molecule has 0 radical (unpaired) electrons. The van der Waals surface area contributed by atoms with Crippen LogP contribution in [0.4, 0.5) is 11.4 Å². The van der Waals surface area contributed by atoms with E-state index in [1.807, 2.05) is 54.6 Å². The van der Waals surface area contributed by atoms with Gasteiger partial charge in [-0.3, -0.25) is 14.4 Å². The van der Waals surface area contributed by atoms with Gasteiger partial charge in [0.05, 0.1) is 17.5 Å². The van der Waals surface area contributed by atoms with Crippen LogP contribution in [0.3, 0.4) is 0 Å². The topological polar surface area (TPSA) is 66.5 Å². The van der Waals surface area contributed by atoms with Crippen LogP contribution in [-0.2, 0) is 9.59 Å². The molecule has 1 aliphatic heterocycles. The Morgan fingerprint density at radius 2 is 1.11 bits per heavy atom. The van der Waals surface area contributed by atoms with Crippen molar-refractivity contribution in [1.29, 1.82) is 0 Å². The van der Waals surface area contributed by atoms with Crippen LogP contribution in [0, 0.1) is 11.8 Å². The van der Waals surface area contributed by atoms with Crippen LogP contribution in [0.15, 0.2) is 103 Å². The Morgan fingerprint density at radius 1 is 0.611 bits per heavy atom. The first-order valence-corrected chi connectivity index (χ1v) is 12.2. The lowest BCUT2D eigenvalue weighted by Gasteiger charge is -2.45. The minimum Gasteiger partial charge on any atom is -0.322 e. The Hall–Kier alpha value is -4.51. The number of imide groups is 1. The van der Waals surface area contributed by atoms with Gasteiger partial charge in [0.15, 0.2) is 0 Å². The molecule has 4 aliphatic rings. The van der Waals surface area contributed by atoms with Crippen molar-refractivity contribution in [3.05, 3.63) is 131 Å². The molecule has 4 aromatic rings. The molecule has 1 N–H and O–H groups in total. The average molecular weight is 471 g/mol. The Kier molecular flexibility index (Phi) is 4.48. The molecule has 5 nitrogen and oxygen atoms in total. The highest BCUT2D eigenvalue weighted by molar-refractivity contribution is 6.23. The summed E-state index contributed by atoms with van der Waals surface area (Å²) in [5.41, 5.74) is 6.07. The highest BCUT2D eigenvalue weighted by atomic mass is 16.2. The zero-order valence-corrected chi connectivity index (χ0v) is 19.3. The van der Waals surface area contributed by atoms with E-state index in [0.29, 0.717) is 16.9 Å². The fraction of sp³-hybridized carbons (Fsp3) is 0.129. The molecule has 2 bridgehead atoms. The van der Waals surface area contributed by atoms with Crippen molar-refractivity contribution in [3.8, 4) is 0 Å². The van der Waals surface area contributed by atoms with E-state index in [1.165, 1.54) is 4.90 Å². The van der Waals surface area contributed by atoms with Crippen molar-refractivity contribution >= 4 is 29.1 Å². The zero-order chi connectivity index (χ0) is 24.4. The minimum atomic E-state index is -0.450. The first-order valence-electron chi connectivity index (χ1n) is 12.2. The molecule has 36 heavy (non-hydrogen) atoms. The lowest BCUT2D eigenvalue weighted by Crippen LogP contribution is -2.41. The Bertz CT molecular complexity index is 1450. The molecule has 0 spiro atoms. The molecule has 0 unspecified atom stereocenters. The van der Waals surface area contributed by atoms with Gasteiger partial charge in [-0.1, -0.05) is 72.8 Å². The molecule has 2 atom stereocenters. The van der Waals surface area contributed by atoms with E-state index >= 15 is 0 Å². The van der Waals surface area contributed by atoms with E-state index in [0.717, 1.165) is 22.3 Å². The molecule has 3 aliphatic carbocycles. The summed E-state index contributed by atoms with van der Waals surface area (Å²) in [6.07, 6.45) is 0. The summed E-state index contributed by atoms with van der Waals surface area (Å²) in [6, 6.07) is 32.4. The van der Waals surface area contributed by atoms with Crippen LogP contribution in [0.2, 0.25) is 0 Å². The number of nitrogens with zero attached hydrogens (tertiary/aromatic N) is 1. The summed E-state index contributed by atoms with van der Waals surface area (Å²) in [5, 5.41) is 2.87. The summed E-state index contributed by atoms with van der Waals surface area (Å²) in [5.74, 6) is -1.88. The first-order chi connectivity index (χ1) is 17.6. The van der Waals surface area contributed by atoms with Gasteiger partial charge in [-0.05, 0) is 52.6 Å². The van der Waals surface area contributed by atoms with Crippen LogP contribution in [-0.4, -0.2) is 17.7 Å². The van der Waals surface area contributed by atoms with Gasteiger partial charge in [0.2, 0.25) is 11.8 Å². The van der Waals surface area contributed by atoms with Crippen molar-refractivity contribution in [2.45, 2.75) is 11.8 Å². The quantitative estimate of drug-likeness (QED) is 0.411. The van der Waals surface area contributed by atoms with Crippen LogP contribution < -0.4 is 10.2 Å². The molecule has 0 aromatic heterocycles. The lowest BCUT2D eigenvalue weighted by atomic mass is 9.55. The molecule has 4 aromatic carbocycles. The predicted molar refractivity (Wildman–Crippen MR) is 137 cm³/mol. The second-order valence-electron chi connectivity index (χ2n) is 9.65. The number of carbonyl (C=O) groups is 3. The van der Waals surface area contributed by atoms with E-state index in [2.05, 4.69) is 29.6 Å². The number of hydrogen-bond acceptors (Lipinski definition) is 3. The molecule has 1 fully saturated rings. The number of rotatable bonds is 3. The van der Waals surface area contributed by atoms with E-state index in [-0.39, 0.29) is 29.6 Å². The maximum atomic E-state index is 13.9. The maximum absolute atomic E-state index is 13.9. The first kappa shape index (κ1) is 20.8. The number of amides is 3. The highest BCUT2D eigenvalue weighted by Crippen LogP contribution is 2.61. The van der Waals surface area contributed by atoms with Gasteiger partial charge in [0.1, 0.15) is 0 Å². The van der Waals surface area contributed by atoms with E-state index in [9.17, 15) is 14.4 Å². The molecule has 1 saturated heterocycles. The van der Waals surface area contributed by atoms with Crippen LogP contribution in [0.1, 0.15) is 44.4 Å². The van der Waals surface area contributed by atoms with E-state index < -0.39 is 11.8 Å². The van der Waals surface area contributed by atoms with Crippen molar-refractivity contribution in [2.75, 3.05) is 10.2 Å². The summed E-state index contributed by atoms with van der Waals surface area (Å²) in [4.78, 5) is 42.1. The van der Waals surface area contributed by atoms with Gasteiger partial charge in [-0.15, -0.1) is 0 Å². The number of nitrogens with one attached hydrogen (secondary N) is 1. The Balaban J connectivity index is 1.28. The normalized spacial score (nSPS) is 23.2. The summed E-state index contributed by atoms with van der Waals surface area (Å²) < 4.78 is 0. The smallest absolute Gasteiger partial charge is 0.255 e. The van der Waals surface area contributed by atoms with Crippen molar-refractivity contribution in [2.24, 2.45) is 11.8 Å². The molecular weight excluding hydrogens is 448 g/mol. The van der Waals surface area contributed by atoms with Gasteiger partial charge in [-0.2, -0.15) is 0 Å². The average Bonchev–Trinajstić information content (AvgIpc) is 3.19. The van der Waals surface area contributed by atoms with Gasteiger partial charge in [0, 0.05) is 23.1 Å². The largest absolute Gasteiger partial charge is 0.322 e. The van der Waals surface area contributed by atoms with Crippen LogP contribution in [0.25, 0.3) is 0 Å². The van der Waals surface area contributed by atoms with Gasteiger partial charge in [-0.25, -0.2) is 4.90 Å². The molecule has 8 rings (SSSR count). The third-order valence-electron chi connectivity index (χ3n) is 7.85. The predicted octanol–water partition coefficient (Wildman–Crippen LogP) is 5.34. The monoisotopic (exact) mass is 470 g/mol. The number of carbonyl (C=O) groups excluding carboxylic acids is 3. The fourth-order valence-electron chi connectivity index (χ4n) is 6.44. The Labute approximate surface area is 208 Å². The number of benzene rings is 4. The van der Waals surface area contributed by atoms with Gasteiger partial charge >= 0.3 is 0 Å². The minimum absolute atomic E-state index is 0.154. The number of hydrogen-bond donors (Lipinski definition) is 1. The third-order valence-corrected chi connectivity index (χ3v) is 7.85. The number of anilines is 2. The molecule has 1 heterocycles. The molecule has 5 heteroatoms. The molecule has 3 amide bonds. The van der Waals surface area contributed by atoms with Gasteiger partial charge in [0.25, 0.3) is 5.91 Å². The molecule has 0 saturated carbocycles. The SMILES string of the molecule is O=C(Nc1ccccc1)c1cccc(N2C(=O)[C@H]3C4c5ccccc5C(c5ccccc54)[C@@H]3C2=O)c1.